The zero-order valence-corrected chi connectivity index (χ0v) is 15.9. The van der Waals surface area contributed by atoms with E-state index in [-0.39, 0.29) is 58.0 Å². The number of phosphoric acid groups is 1. The van der Waals surface area contributed by atoms with E-state index in [0.29, 0.717) is 6.42 Å². The maximum absolute atomic E-state index is 10.1. The molecule has 0 aromatic rings. The maximum atomic E-state index is 10.1. The first-order chi connectivity index (χ1) is 8.06. The van der Waals surface area contributed by atoms with Gasteiger partial charge in [-0.3, -0.25) is 0 Å². The van der Waals surface area contributed by atoms with Gasteiger partial charge in [-0.2, -0.15) is 0 Å². The molecule has 0 amide bonds. The number of unbranched alkanes of at least 4 members (excludes halogenated alkanes) is 9. The van der Waals surface area contributed by atoms with Crippen molar-refractivity contribution in [2.75, 3.05) is 6.61 Å². The van der Waals surface area contributed by atoms with E-state index in [4.69, 9.17) is 0 Å². The fourth-order valence-corrected chi connectivity index (χ4v) is 2.12. The number of hydrogen-bond acceptors (Lipinski definition) is 4. The SMILES string of the molecule is CCCCCCCCCCCCOP(=O)([O-])[O-].[K+]. The predicted molar refractivity (Wildman–Crippen MR) is 65.4 cm³/mol. The van der Waals surface area contributed by atoms with Crippen molar-refractivity contribution in [2.24, 2.45) is 0 Å². The topological polar surface area (TPSA) is 72.4 Å². The molecule has 0 spiro atoms. The second kappa shape index (κ2) is 15.1. The molecule has 0 rings (SSSR count). The molecule has 0 fully saturated rings. The van der Waals surface area contributed by atoms with Crippen LogP contribution in [0.3, 0.4) is 0 Å². The first-order valence-electron chi connectivity index (χ1n) is 6.73. The van der Waals surface area contributed by atoms with Crippen LogP contribution in [-0.4, -0.2) is 6.61 Å². The van der Waals surface area contributed by atoms with Crippen LogP contribution in [0.5, 0.6) is 0 Å². The third-order valence-corrected chi connectivity index (χ3v) is 3.25. The summed E-state index contributed by atoms with van der Waals surface area (Å²) in [4.78, 5) is 20.3. The smallest absolute Gasteiger partial charge is 0.790 e. The molecule has 0 heterocycles. The van der Waals surface area contributed by atoms with Crippen molar-refractivity contribution in [3.05, 3.63) is 0 Å². The van der Waals surface area contributed by atoms with Gasteiger partial charge in [-0.1, -0.05) is 64.7 Å². The fourth-order valence-electron chi connectivity index (χ4n) is 1.77. The molecule has 0 aromatic heterocycles. The normalized spacial score (nSPS) is 11.3. The molecule has 104 valence electrons. The fraction of sp³-hybridized carbons (Fsp3) is 1.00. The summed E-state index contributed by atoms with van der Waals surface area (Å²) in [6, 6.07) is 0. The van der Waals surface area contributed by atoms with Crippen molar-refractivity contribution < 1.29 is 70.3 Å². The van der Waals surface area contributed by atoms with E-state index in [0.717, 1.165) is 12.8 Å². The van der Waals surface area contributed by atoms with Crippen molar-refractivity contribution in [1.82, 2.24) is 0 Å². The van der Waals surface area contributed by atoms with Crippen molar-refractivity contribution in [3.63, 3.8) is 0 Å². The van der Waals surface area contributed by atoms with Gasteiger partial charge < -0.3 is 18.9 Å². The van der Waals surface area contributed by atoms with Crippen molar-refractivity contribution in [2.45, 2.75) is 71.1 Å². The summed E-state index contributed by atoms with van der Waals surface area (Å²) < 4.78 is 14.3. The molecule has 6 heteroatoms. The molecule has 4 nitrogen and oxygen atoms in total. The van der Waals surface area contributed by atoms with E-state index in [1.54, 1.807) is 0 Å². The summed E-state index contributed by atoms with van der Waals surface area (Å²) in [6.45, 7) is 2.26. The Morgan fingerprint density at radius 1 is 0.833 bits per heavy atom. The summed E-state index contributed by atoms with van der Waals surface area (Å²) in [5.41, 5.74) is 0. The number of hydrogen-bond donors (Lipinski definition) is 0. The summed E-state index contributed by atoms with van der Waals surface area (Å²) in [6.07, 6.45) is 11.7. The van der Waals surface area contributed by atoms with Gasteiger partial charge in [0, 0.05) is 0 Å². The minimum atomic E-state index is -4.74. The third-order valence-electron chi connectivity index (χ3n) is 2.75. The van der Waals surface area contributed by atoms with Crippen LogP contribution in [0.4, 0.5) is 0 Å². The largest absolute Gasteiger partial charge is 1.00 e. The number of rotatable bonds is 12. The van der Waals surface area contributed by atoms with Gasteiger partial charge in [-0.15, -0.1) is 0 Å². The van der Waals surface area contributed by atoms with Gasteiger partial charge >= 0.3 is 51.4 Å². The standard InChI is InChI=1S/C12H27O4P.K/c1-2-3-4-5-6-7-8-9-10-11-12-16-17(13,14)15;/h2-12H2,1H3,(H2,13,14,15);/q;+1/p-2. The zero-order chi connectivity index (χ0) is 13.0. The first-order valence-corrected chi connectivity index (χ1v) is 8.19. The van der Waals surface area contributed by atoms with Gasteiger partial charge in [0.15, 0.2) is 0 Å². The Labute approximate surface area is 154 Å². The number of phosphoric ester groups is 1. The van der Waals surface area contributed by atoms with E-state index < -0.39 is 7.82 Å². The van der Waals surface area contributed by atoms with Crippen molar-refractivity contribution >= 4 is 7.82 Å². The molecule has 0 unspecified atom stereocenters. The van der Waals surface area contributed by atoms with E-state index in [2.05, 4.69) is 11.4 Å². The van der Waals surface area contributed by atoms with Gasteiger partial charge in [-0.05, 0) is 6.42 Å². The van der Waals surface area contributed by atoms with Gasteiger partial charge in [-0.25, -0.2) is 0 Å². The summed E-state index contributed by atoms with van der Waals surface area (Å²) >= 11 is 0. The second-order valence-corrected chi connectivity index (χ2v) is 5.62. The van der Waals surface area contributed by atoms with Crippen LogP contribution in [0.2, 0.25) is 0 Å². The van der Waals surface area contributed by atoms with Crippen LogP contribution in [0.1, 0.15) is 71.1 Å². The van der Waals surface area contributed by atoms with Crippen molar-refractivity contribution in [1.29, 1.82) is 0 Å². The van der Waals surface area contributed by atoms with Gasteiger partial charge in [0.1, 0.15) is 0 Å². The zero-order valence-electron chi connectivity index (χ0n) is 11.9. The average Bonchev–Trinajstić information content (AvgIpc) is 2.24. The predicted octanol–water partition coefficient (Wildman–Crippen LogP) is -0.243. The van der Waals surface area contributed by atoms with E-state index in [1.165, 1.54) is 44.9 Å². The Hall–Kier alpha value is 1.75. The van der Waals surface area contributed by atoms with Crippen LogP contribution >= 0.6 is 7.82 Å². The summed E-state index contributed by atoms with van der Waals surface area (Å²) in [7, 11) is -4.74. The van der Waals surface area contributed by atoms with Crippen LogP contribution in [0, 0.1) is 0 Å². The Bertz CT molecular complexity index is 208. The molecule has 0 N–H and O–H groups in total. The Balaban J connectivity index is 0. The second-order valence-electron chi connectivity index (χ2n) is 4.46. The van der Waals surface area contributed by atoms with Crippen molar-refractivity contribution in [3.8, 4) is 0 Å². The molecule has 0 aliphatic carbocycles. The summed E-state index contributed by atoms with van der Waals surface area (Å²) in [5, 5.41) is 0. The molecule has 0 saturated heterocycles. The van der Waals surface area contributed by atoms with Crippen LogP contribution < -0.4 is 61.2 Å². The van der Waals surface area contributed by atoms with Crippen LogP contribution in [-0.2, 0) is 9.09 Å². The molecular formula is C12H25KO4P-. The van der Waals surface area contributed by atoms with Gasteiger partial charge in [0.05, 0.1) is 14.4 Å². The minimum Gasteiger partial charge on any atom is -0.790 e. The molecule has 0 atom stereocenters. The molecule has 0 aliphatic rings. The molecule has 0 aliphatic heterocycles. The monoisotopic (exact) mass is 303 g/mol. The average molecular weight is 303 g/mol. The third kappa shape index (κ3) is 20.1. The van der Waals surface area contributed by atoms with E-state index in [1.807, 2.05) is 0 Å². The van der Waals surface area contributed by atoms with Crippen LogP contribution in [0.25, 0.3) is 0 Å². The molecule has 0 bridgehead atoms. The van der Waals surface area contributed by atoms with E-state index in [9.17, 15) is 14.4 Å². The Morgan fingerprint density at radius 2 is 1.22 bits per heavy atom. The summed E-state index contributed by atoms with van der Waals surface area (Å²) in [5.74, 6) is 0. The van der Waals surface area contributed by atoms with Crippen LogP contribution in [0.15, 0.2) is 0 Å². The molecule has 0 saturated carbocycles. The minimum absolute atomic E-state index is 0. The maximum Gasteiger partial charge on any atom is 1.00 e. The van der Waals surface area contributed by atoms with Gasteiger partial charge in [0.25, 0.3) is 0 Å². The molecule has 0 radical (unpaired) electrons. The Kier molecular flexibility index (Phi) is 18.5. The molecule has 0 aromatic carbocycles. The molecular weight excluding hydrogens is 278 g/mol. The quantitative estimate of drug-likeness (QED) is 0.283. The first kappa shape index (κ1) is 22.0. The van der Waals surface area contributed by atoms with Gasteiger partial charge in [0.2, 0.25) is 0 Å². The Morgan fingerprint density at radius 3 is 1.61 bits per heavy atom. The molecule has 18 heavy (non-hydrogen) atoms. The van der Waals surface area contributed by atoms with E-state index >= 15 is 0 Å².